The first kappa shape index (κ1) is 15.8. The van der Waals surface area contributed by atoms with Gasteiger partial charge in [-0.3, -0.25) is 9.59 Å². The van der Waals surface area contributed by atoms with Crippen molar-refractivity contribution in [1.82, 2.24) is 4.90 Å². The molecule has 0 aromatic carbocycles. The number of carbonyl (C=O) groups excluding carboxylic acids is 1. The van der Waals surface area contributed by atoms with Crippen LogP contribution < -0.4 is 0 Å². The summed E-state index contributed by atoms with van der Waals surface area (Å²) in [5, 5.41) is 11.1. The van der Waals surface area contributed by atoms with Gasteiger partial charge in [0.15, 0.2) is 0 Å². The Morgan fingerprint density at radius 3 is 2.96 bits per heavy atom. The molecule has 6 heteroatoms. The highest BCUT2D eigenvalue weighted by atomic mass is 32.1. The molecule has 0 saturated carbocycles. The predicted molar refractivity (Wildman–Crippen MR) is 86.9 cm³/mol. The van der Waals surface area contributed by atoms with Crippen molar-refractivity contribution >= 4 is 23.2 Å². The van der Waals surface area contributed by atoms with Crippen molar-refractivity contribution in [2.45, 2.75) is 39.2 Å². The zero-order valence-electron chi connectivity index (χ0n) is 13.2. The Kier molecular flexibility index (Phi) is 4.26. The summed E-state index contributed by atoms with van der Waals surface area (Å²) in [6.45, 7) is 4.50. The van der Waals surface area contributed by atoms with E-state index in [0.717, 1.165) is 12.8 Å². The lowest BCUT2D eigenvalue weighted by atomic mass is 9.96. The standard InChI is InChI=1S/C17H19NO4S/c1-3-12-11-5-7-23-14(11)4-6-18(12)17(21)16-10(2)9-22-13(16)8-15(19)20/h5,7,9,12H,3-4,6,8H2,1-2H3,(H,19,20). The van der Waals surface area contributed by atoms with Gasteiger partial charge in [0.05, 0.1) is 17.9 Å². The molecule has 0 fully saturated rings. The first-order chi connectivity index (χ1) is 11.0. The lowest BCUT2D eigenvalue weighted by Crippen LogP contribution is -2.39. The first-order valence-electron chi connectivity index (χ1n) is 7.68. The lowest BCUT2D eigenvalue weighted by Gasteiger charge is -2.35. The van der Waals surface area contributed by atoms with Gasteiger partial charge in [-0.2, -0.15) is 0 Å². The van der Waals surface area contributed by atoms with E-state index < -0.39 is 5.97 Å². The van der Waals surface area contributed by atoms with Gasteiger partial charge in [0.1, 0.15) is 12.2 Å². The average Bonchev–Trinajstić information content (AvgIpc) is 3.11. The monoisotopic (exact) mass is 333 g/mol. The highest BCUT2D eigenvalue weighted by Gasteiger charge is 2.33. The molecule has 1 N–H and O–H groups in total. The minimum atomic E-state index is -1.00. The number of furan rings is 1. The highest BCUT2D eigenvalue weighted by Crippen LogP contribution is 2.36. The minimum Gasteiger partial charge on any atom is -0.481 e. The SMILES string of the molecule is CCC1c2ccsc2CCN1C(=O)c1c(C)coc1CC(=O)O. The molecule has 0 saturated heterocycles. The average molecular weight is 333 g/mol. The topological polar surface area (TPSA) is 70.8 Å². The van der Waals surface area contributed by atoms with Crippen LogP contribution in [-0.2, 0) is 17.6 Å². The zero-order chi connectivity index (χ0) is 16.6. The summed E-state index contributed by atoms with van der Waals surface area (Å²) < 4.78 is 5.32. The molecular weight excluding hydrogens is 314 g/mol. The Hall–Kier alpha value is -2.08. The number of hydrogen-bond donors (Lipinski definition) is 1. The molecule has 1 aliphatic heterocycles. The van der Waals surface area contributed by atoms with E-state index in [1.54, 1.807) is 18.3 Å². The van der Waals surface area contributed by atoms with Crippen molar-refractivity contribution < 1.29 is 19.1 Å². The van der Waals surface area contributed by atoms with Crippen molar-refractivity contribution in [1.29, 1.82) is 0 Å². The zero-order valence-corrected chi connectivity index (χ0v) is 14.0. The summed E-state index contributed by atoms with van der Waals surface area (Å²) in [6, 6.07) is 2.14. The molecule has 122 valence electrons. The first-order valence-corrected chi connectivity index (χ1v) is 8.56. The lowest BCUT2D eigenvalue weighted by molar-refractivity contribution is -0.136. The summed E-state index contributed by atoms with van der Waals surface area (Å²) in [7, 11) is 0. The van der Waals surface area contributed by atoms with Gasteiger partial charge in [-0.15, -0.1) is 11.3 Å². The molecule has 0 radical (unpaired) electrons. The van der Waals surface area contributed by atoms with E-state index in [1.165, 1.54) is 16.7 Å². The maximum absolute atomic E-state index is 13.1. The van der Waals surface area contributed by atoms with Crippen LogP contribution in [0.25, 0.3) is 0 Å². The number of rotatable bonds is 4. The smallest absolute Gasteiger partial charge is 0.311 e. The van der Waals surface area contributed by atoms with Crippen molar-refractivity contribution in [3.05, 3.63) is 45.0 Å². The maximum Gasteiger partial charge on any atom is 0.311 e. The van der Waals surface area contributed by atoms with Crippen LogP contribution >= 0.6 is 11.3 Å². The van der Waals surface area contributed by atoms with Crippen LogP contribution in [0.4, 0.5) is 0 Å². The van der Waals surface area contributed by atoms with Crippen molar-refractivity contribution in [3.8, 4) is 0 Å². The molecule has 5 nitrogen and oxygen atoms in total. The van der Waals surface area contributed by atoms with E-state index in [2.05, 4.69) is 18.4 Å². The van der Waals surface area contributed by atoms with E-state index in [4.69, 9.17) is 9.52 Å². The van der Waals surface area contributed by atoms with Gasteiger partial charge in [0.25, 0.3) is 5.91 Å². The number of aliphatic carboxylic acids is 1. The second kappa shape index (κ2) is 6.20. The van der Waals surface area contributed by atoms with E-state index in [-0.39, 0.29) is 24.1 Å². The molecule has 23 heavy (non-hydrogen) atoms. The number of carbonyl (C=O) groups is 2. The van der Waals surface area contributed by atoms with E-state index >= 15 is 0 Å². The van der Waals surface area contributed by atoms with Crippen LogP contribution in [0.2, 0.25) is 0 Å². The van der Waals surface area contributed by atoms with Crippen molar-refractivity contribution in [2.24, 2.45) is 0 Å². The molecular formula is C17H19NO4S. The number of aryl methyl sites for hydroxylation is 1. The van der Waals surface area contributed by atoms with Gasteiger partial charge >= 0.3 is 5.97 Å². The van der Waals surface area contributed by atoms with E-state index in [9.17, 15) is 9.59 Å². The van der Waals surface area contributed by atoms with Crippen LogP contribution in [-0.4, -0.2) is 28.4 Å². The molecule has 0 bridgehead atoms. The third kappa shape index (κ3) is 2.79. The fourth-order valence-electron chi connectivity index (χ4n) is 3.28. The van der Waals surface area contributed by atoms with E-state index in [0.29, 0.717) is 17.7 Å². The van der Waals surface area contributed by atoms with Crippen LogP contribution in [0.3, 0.4) is 0 Å². The van der Waals surface area contributed by atoms with Crippen LogP contribution in [0.1, 0.15) is 51.5 Å². The summed E-state index contributed by atoms with van der Waals surface area (Å²) in [4.78, 5) is 27.3. The van der Waals surface area contributed by atoms with Gasteiger partial charge in [-0.1, -0.05) is 6.92 Å². The van der Waals surface area contributed by atoms with Gasteiger partial charge in [0, 0.05) is 17.0 Å². The van der Waals surface area contributed by atoms with Crippen LogP contribution in [0, 0.1) is 6.92 Å². The molecule has 3 rings (SSSR count). The molecule has 2 aromatic rings. The number of carboxylic acids is 1. The Morgan fingerprint density at radius 1 is 1.48 bits per heavy atom. The molecule has 2 aromatic heterocycles. The molecule has 1 atom stereocenters. The molecule has 1 amide bonds. The Balaban J connectivity index is 1.95. The summed E-state index contributed by atoms with van der Waals surface area (Å²) in [5.41, 5.74) is 2.32. The summed E-state index contributed by atoms with van der Waals surface area (Å²) >= 11 is 1.74. The van der Waals surface area contributed by atoms with Crippen molar-refractivity contribution in [3.63, 3.8) is 0 Å². The number of hydrogen-bond acceptors (Lipinski definition) is 4. The molecule has 1 unspecified atom stereocenters. The molecule has 3 heterocycles. The normalized spacial score (nSPS) is 17.1. The predicted octanol–water partition coefficient (Wildman–Crippen LogP) is 3.43. The van der Waals surface area contributed by atoms with Crippen molar-refractivity contribution in [2.75, 3.05) is 6.54 Å². The van der Waals surface area contributed by atoms with Gasteiger partial charge in [-0.05, 0) is 36.8 Å². The number of thiophene rings is 1. The number of fused-ring (bicyclic) bond motifs is 1. The second-order valence-corrected chi connectivity index (χ2v) is 6.76. The Bertz CT molecular complexity index is 746. The highest BCUT2D eigenvalue weighted by molar-refractivity contribution is 7.10. The fourth-order valence-corrected chi connectivity index (χ4v) is 4.20. The van der Waals surface area contributed by atoms with Crippen LogP contribution in [0.5, 0.6) is 0 Å². The number of amides is 1. The second-order valence-electron chi connectivity index (χ2n) is 5.76. The van der Waals surface area contributed by atoms with E-state index in [1.807, 2.05) is 4.90 Å². The van der Waals surface area contributed by atoms with Crippen LogP contribution in [0.15, 0.2) is 22.1 Å². The quantitative estimate of drug-likeness (QED) is 0.930. The largest absolute Gasteiger partial charge is 0.481 e. The Morgan fingerprint density at radius 2 is 2.26 bits per heavy atom. The maximum atomic E-state index is 13.1. The third-order valence-corrected chi connectivity index (χ3v) is 5.32. The fraction of sp³-hybridized carbons (Fsp3) is 0.412. The van der Waals surface area contributed by atoms with Gasteiger partial charge < -0.3 is 14.4 Å². The number of nitrogens with zero attached hydrogens (tertiary/aromatic N) is 1. The minimum absolute atomic E-state index is 0.0458. The van der Waals surface area contributed by atoms with Gasteiger partial charge in [-0.25, -0.2) is 0 Å². The Labute approximate surface area is 138 Å². The molecule has 1 aliphatic rings. The summed E-state index contributed by atoms with van der Waals surface area (Å²) in [6.07, 6.45) is 2.87. The van der Waals surface area contributed by atoms with Gasteiger partial charge in [0.2, 0.25) is 0 Å². The molecule has 0 aliphatic carbocycles. The summed E-state index contributed by atoms with van der Waals surface area (Å²) in [5.74, 6) is -0.888. The molecule has 0 spiro atoms. The number of carboxylic acid groups (broad SMARTS) is 1. The third-order valence-electron chi connectivity index (χ3n) is 4.32.